The number of ether oxygens (including phenoxy) is 1. The monoisotopic (exact) mass is 337 g/mol. The fourth-order valence-corrected chi connectivity index (χ4v) is 2.69. The largest absolute Gasteiger partial charge is 0.496 e. The molecule has 0 radical (unpaired) electrons. The van der Waals surface area contributed by atoms with Crippen molar-refractivity contribution in [1.29, 1.82) is 0 Å². The number of aryl methyl sites for hydroxylation is 2. The van der Waals surface area contributed by atoms with Gasteiger partial charge in [0.1, 0.15) is 5.75 Å². The first-order valence-corrected chi connectivity index (χ1v) is 8.03. The first-order valence-electron chi connectivity index (χ1n) is 8.03. The van der Waals surface area contributed by atoms with Crippen molar-refractivity contribution < 1.29 is 14.3 Å². The molecule has 0 aliphatic heterocycles. The third-order valence-electron chi connectivity index (χ3n) is 3.89. The molecule has 0 fully saturated rings. The number of carbonyl (C=O) groups excluding carboxylic acids is 2. The van der Waals surface area contributed by atoms with Crippen LogP contribution in [0.2, 0.25) is 0 Å². The summed E-state index contributed by atoms with van der Waals surface area (Å²) >= 11 is 0. The lowest BCUT2D eigenvalue weighted by Crippen LogP contribution is -2.21. The second-order valence-electron chi connectivity index (χ2n) is 6.18. The highest BCUT2D eigenvalue weighted by Gasteiger charge is 2.10. The van der Waals surface area contributed by atoms with Crippen LogP contribution in [0.3, 0.4) is 0 Å². The minimum Gasteiger partial charge on any atom is -0.496 e. The molecule has 4 nitrogen and oxygen atoms in total. The van der Waals surface area contributed by atoms with Crippen LogP contribution in [0.15, 0.2) is 42.5 Å². The molecule has 0 bridgehead atoms. The zero-order valence-electron chi connectivity index (χ0n) is 15.3. The van der Waals surface area contributed by atoms with Crippen LogP contribution in [0.1, 0.15) is 37.4 Å². The normalized spacial score (nSPS) is 10.8. The number of carbonyl (C=O) groups is 2. The quantitative estimate of drug-likeness (QED) is 0.614. The summed E-state index contributed by atoms with van der Waals surface area (Å²) in [5.74, 6) is 0.557. The second-order valence-corrected chi connectivity index (χ2v) is 6.18. The molecule has 0 heterocycles. The van der Waals surface area contributed by atoms with Crippen molar-refractivity contribution in [3.8, 4) is 5.75 Å². The van der Waals surface area contributed by atoms with Crippen LogP contribution in [-0.2, 0) is 0 Å². The van der Waals surface area contributed by atoms with Crippen LogP contribution >= 0.6 is 0 Å². The van der Waals surface area contributed by atoms with E-state index in [2.05, 4.69) is 0 Å². The van der Waals surface area contributed by atoms with Crippen LogP contribution in [-0.4, -0.2) is 37.8 Å². The van der Waals surface area contributed by atoms with Crippen molar-refractivity contribution in [1.82, 2.24) is 4.90 Å². The summed E-state index contributed by atoms with van der Waals surface area (Å²) in [5.41, 5.74) is 4.10. The van der Waals surface area contributed by atoms with Crippen molar-refractivity contribution in [2.75, 3.05) is 21.2 Å². The molecule has 0 aliphatic rings. The maximum absolute atomic E-state index is 12.4. The number of allylic oxidation sites excluding steroid dienone is 1. The SMILES string of the molecule is COc1c(C)cc(C)cc1C=CC(=O)c1ccc(C(=O)N(C)C)cc1. The highest BCUT2D eigenvalue weighted by Crippen LogP contribution is 2.26. The first-order chi connectivity index (χ1) is 11.8. The fraction of sp³-hybridized carbons (Fsp3) is 0.238. The Bertz CT molecular complexity index is 818. The van der Waals surface area contributed by atoms with Crippen LogP contribution in [0, 0.1) is 13.8 Å². The Kier molecular flexibility index (Phi) is 5.75. The van der Waals surface area contributed by atoms with Crippen molar-refractivity contribution >= 4 is 17.8 Å². The Hall–Kier alpha value is -2.88. The van der Waals surface area contributed by atoms with Gasteiger partial charge in [0, 0.05) is 30.8 Å². The average Bonchev–Trinajstić information content (AvgIpc) is 2.58. The van der Waals surface area contributed by atoms with E-state index in [9.17, 15) is 9.59 Å². The predicted molar refractivity (Wildman–Crippen MR) is 100 cm³/mol. The Balaban J connectivity index is 2.23. The molecule has 0 aliphatic carbocycles. The molecule has 130 valence electrons. The number of nitrogens with zero attached hydrogens (tertiary/aromatic N) is 1. The van der Waals surface area contributed by atoms with Gasteiger partial charge in [0.2, 0.25) is 0 Å². The van der Waals surface area contributed by atoms with Crippen molar-refractivity contribution in [2.45, 2.75) is 13.8 Å². The summed E-state index contributed by atoms with van der Waals surface area (Å²) < 4.78 is 5.43. The lowest BCUT2D eigenvalue weighted by Gasteiger charge is -2.10. The van der Waals surface area contributed by atoms with E-state index in [1.165, 1.54) is 11.0 Å². The Morgan fingerprint density at radius 3 is 2.16 bits per heavy atom. The number of amides is 1. The molecule has 1 amide bonds. The molecule has 2 aromatic rings. The zero-order valence-corrected chi connectivity index (χ0v) is 15.3. The minimum atomic E-state index is -0.120. The molecule has 4 heteroatoms. The predicted octanol–water partition coefficient (Wildman–Crippen LogP) is 3.91. The summed E-state index contributed by atoms with van der Waals surface area (Å²) in [6.45, 7) is 3.98. The molecule has 0 spiro atoms. The van der Waals surface area contributed by atoms with Gasteiger partial charge < -0.3 is 9.64 Å². The number of methoxy groups -OCH3 is 1. The van der Waals surface area contributed by atoms with Gasteiger partial charge in [0.15, 0.2) is 5.78 Å². The van der Waals surface area contributed by atoms with E-state index in [-0.39, 0.29) is 11.7 Å². The smallest absolute Gasteiger partial charge is 0.253 e. The van der Waals surface area contributed by atoms with Gasteiger partial charge in [-0.3, -0.25) is 9.59 Å². The third kappa shape index (κ3) is 4.35. The molecule has 0 saturated heterocycles. The molecule has 0 unspecified atom stereocenters. The van der Waals surface area contributed by atoms with Crippen LogP contribution in [0.25, 0.3) is 6.08 Å². The van der Waals surface area contributed by atoms with Gasteiger partial charge in [-0.15, -0.1) is 0 Å². The van der Waals surface area contributed by atoms with E-state index in [0.29, 0.717) is 11.1 Å². The number of hydrogen-bond acceptors (Lipinski definition) is 3. The van der Waals surface area contributed by atoms with E-state index in [0.717, 1.165) is 22.4 Å². The van der Waals surface area contributed by atoms with E-state index in [1.54, 1.807) is 51.5 Å². The second kappa shape index (κ2) is 7.79. The van der Waals surface area contributed by atoms with Gasteiger partial charge in [-0.2, -0.15) is 0 Å². The molecule has 0 N–H and O–H groups in total. The number of ketones is 1. The summed E-state index contributed by atoms with van der Waals surface area (Å²) in [5, 5.41) is 0. The molecular weight excluding hydrogens is 314 g/mol. The van der Waals surface area contributed by atoms with E-state index in [4.69, 9.17) is 4.74 Å². The number of benzene rings is 2. The van der Waals surface area contributed by atoms with Crippen LogP contribution in [0.5, 0.6) is 5.75 Å². The molecule has 0 aromatic heterocycles. The molecule has 0 atom stereocenters. The van der Waals surface area contributed by atoms with Crippen LogP contribution < -0.4 is 4.74 Å². The van der Waals surface area contributed by atoms with Gasteiger partial charge >= 0.3 is 0 Å². The van der Waals surface area contributed by atoms with Gasteiger partial charge in [-0.25, -0.2) is 0 Å². The maximum atomic E-state index is 12.4. The van der Waals surface area contributed by atoms with Crippen molar-refractivity contribution in [3.05, 3.63) is 70.3 Å². The topological polar surface area (TPSA) is 46.6 Å². The fourth-order valence-electron chi connectivity index (χ4n) is 2.69. The summed E-state index contributed by atoms with van der Waals surface area (Å²) in [6, 6.07) is 10.7. The lowest BCUT2D eigenvalue weighted by molar-refractivity contribution is 0.0827. The molecular formula is C21H23NO3. The maximum Gasteiger partial charge on any atom is 0.253 e. The number of hydrogen-bond donors (Lipinski definition) is 0. The van der Waals surface area contributed by atoms with Gasteiger partial charge in [-0.05, 0) is 49.8 Å². The average molecular weight is 337 g/mol. The van der Waals surface area contributed by atoms with E-state index in [1.807, 2.05) is 26.0 Å². The summed E-state index contributed by atoms with van der Waals surface area (Å²) in [4.78, 5) is 25.8. The minimum absolute atomic E-state index is 0.0884. The molecule has 2 rings (SSSR count). The van der Waals surface area contributed by atoms with Gasteiger partial charge in [0.25, 0.3) is 5.91 Å². The Labute approximate surface area is 148 Å². The van der Waals surface area contributed by atoms with Gasteiger partial charge in [-0.1, -0.05) is 23.8 Å². The molecule has 25 heavy (non-hydrogen) atoms. The van der Waals surface area contributed by atoms with Crippen molar-refractivity contribution in [3.63, 3.8) is 0 Å². The van der Waals surface area contributed by atoms with E-state index < -0.39 is 0 Å². The standard InChI is InChI=1S/C21H23NO3/c1-14-12-15(2)20(25-5)18(13-14)10-11-19(23)16-6-8-17(9-7-16)21(24)22(3)4/h6-13H,1-5H3. The van der Waals surface area contributed by atoms with Crippen molar-refractivity contribution in [2.24, 2.45) is 0 Å². The number of rotatable bonds is 5. The highest BCUT2D eigenvalue weighted by atomic mass is 16.5. The highest BCUT2D eigenvalue weighted by molar-refractivity contribution is 6.07. The first kappa shape index (κ1) is 18.5. The molecule has 0 saturated carbocycles. The summed E-state index contributed by atoms with van der Waals surface area (Å²) in [6.07, 6.45) is 3.29. The van der Waals surface area contributed by atoms with Gasteiger partial charge in [0.05, 0.1) is 7.11 Å². The molecule has 2 aromatic carbocycles. The lowest BCUT2D eigenvalue weighted by atomic mass is 10.0. The summed E-state index contributed by atoms with van der Waals surface area (Å²) in [7, 11) is 5.01. The zero-order chi connectivity index (χ0) is 18.6. The third-order valence-corrected chi connectivity index (χ3v) is 3.89. The van der Waals surface area contributed by atoms with E-state index >= 15 is 0 Å². The Morgan fingerprint density at radius 2 is 1.60 bits per heavy atom. The Morgan fingerprint density at radius 1 is 1.00 bits per heavy atom. The van der Waals surface area contributed by atoms with Crippen LogP contribution in [0.4, 0.5) is 0 Å².